The Kier molecular flexibility index (Phi) is 3.17. The Bertz CT molecular complexity index is 478. The average molecular weight is 244 g/mol. The Labute approximate surface area is 106 Å². The molecule has 1 fully saturated rings. The maximum Gasteiger partial charge on any atom is 0.132 e. The highest BCUT2D eigenvalue weighted by molar-refractivity contribution is 5.19. The van der Waals surface area contributed by atoms with E-state index >= 15 is 0 Å². The molecule has 0 spiro atoms. The first-order valence-electron chi connectivity index (χ1n) is 6.25. The minimum Gasteiger partial charge on any atom is -0.467 e. The summed E-state index contributed by atoms with van der Waals surface area (Å²) in [6.07, 6.45) is 2.30. The Morgan fingerprint density at radius 2 is 1.72 bits per heavy atom. The van der Waals surface area contributed by atoms with Crippen LogP contribution in [0.5, 0.6) is 0 Å². The molecule has 3 atom stereocenters. The minimum absolute atomic E-state index is 0.0648. The van der Waals surface area contributed by atoms with Gasteiger partial charge in [0.05, 0.1) is 18.5 Å². The highest BCUT2D eigenvalue weighted by Gasteiger charge is 2.31. The van der Waals surface area contributed by atoms with Crippen molar-refractivity contribution >= 4 is 0 Å². The third-order valence-corrected chi connectivity index (χ3v) is 3.33. The Morgan fingerprint density at radius 3 is 2.44 bits per heavy atom. The smallest absolute Gasteiger partial charge is 0.132 e. The highest BCUT2D eigenvalue weighted by Crippen LogP contribution is 2.38. The fourth-order valence-electron chi connectivity index (χ4n) is 2.44. The SMILES string of the molecule is O[C@H]1C[C@@H](c2ccccc2)O[C@H](c2ccco2)C1. The summed E-state index contributed by atoms with van der Waals surface area (Å²) in [5.74, 6) is 0.787. The van der Waals surface area contributed by atoms with Crippen molar-refractivity contribution in [2.45, 2.75) is 31.2 Å². The minimum atomic E-state index is -0.348. The van der Waals surface area contributed by atoms with Crippen LogP contribution >= 0.6 is 0 Å². The number of aliphatic hydroxyl groups excluding tert-OH is 1. The van der Waals surface area contributed by atoms with E-state index in [1.54, 1.807) is 6.26 Å². The van der Waals surface area contributed by atoms with E-state index in [0.29, 0.717) is 12.8 Å². The van der Waals surface area contributed by atoms with Crippen LogP contribution in [0.4, 0.5) is 0 Å². The summed E-state index contributed by atoms with van der Waals surface area (Å²) >= 11 is 0. The fraction of sp³-hybridized carbons (Fsp3) is 0.333. The van der Waals surface area contributed by atoms with Gasteiger partial charge in [-0.25, -0.2) is 0 Å². The van der Waals surface area contributed by atoms with Crippen LogP contribution in [0, 0.1) is 0 Å². The molecular weight excluding hydrogens is 228 g/mol. The second-order valence-corrected chi connectivity index (χ2v) is 4.66. The van der Waals surface area contributed by atoms with Crippen LogP contribution in [0.2, 0.25) is 0 Å². The first kappa shape index (κ1) is 11.5. The van der Waals surface area contributed by atoms with E-state index < -0.39 is 0 Å². The Hall–Kier alpha value is -1.58. The van der Waals surface area contributed by atoms with Crippen molar-refractivity contribution < 1.29 is 14.3 Å². The number of benzene rings is 1. The number of hydrogen-bond acceptors (Lipinski definition) is 3. The molecule has 2 heterocycles. The number of hydrogen-bond donors (Lipinski definition) is 1. The van der Waals surface area contributed by atoms with Crippen LogP contribution in [-0.4, -0.2) is 11.2 Å². The number of rotatable bonds is 2. The van der Waals surface area contributed by atoms with Crippen LogP contribution in [0.25, 0.3) is 0 Å². The molecule has 1 aliphatic heterocycles. The molecule has 0 aliphatic carbocycles. The van der Waals surface area contributed by atoms with E-state index in [9.17, 15) is 5.11 Å². The van der Waals surface area contributed by atoms with Gasteiger partial charge in [0.25, 0.3) is 0 Å². The topological polar surface area (TPSA) is 42.6 Å². The van der Waals surface area contributed by atoms with E-state index in [4.69, 9.17) is 9.15 Å². The number of furan rings is 1. The Morgan fingerprint density at radius 1 is 0.944 bits per heavy atom. The predicted octanol–water partition coefficient (Wildman–Crippen LogP) is 3.23. The van der Waals surface area contributed by atoms with Crippen molar-refractivity contribution in [3.8, 4) is 0 Å². The van der Waals surface area contributed by atoms with Crippen molar-refractivity contribution in [2.75, 3.05) is 0 Å². The molecule has 1 saturated heterocycles. The highest BCUT2D eigenvalue weighted by atomic mass is 16.5. The van der Waals surface area contributed by atoms with Crippen molar-refractivity contribution in [3.05, 3.63) is 60.1 Å². The molecule has 1 aromatic heterocycles. The predicted molar refractivity (Wildman–Crippen MR) is 67.0 cm³/mol. The lowest BCUT2D eigenvalue weighted by molar-refractivity contribution is -0.107. The molecule has 1 N–H and O–H groups in total. The molecule has 0 bridgehead atoms. The van der Waals surface area contributed by atoms with Crippen molar-refractivity contribution in [2.24, 2.45) is 0 Å². The zero-order valence-corrected chi connectivity index (χ0v) is 10.0. The summed E-state index contributed by atoms with van der Waals surface area (Å²) in [4.78, 5) is 0. The van der Waals surface area contributed by atoms with Crippen LogP contribution in [0.15, 0.2) is 53.1 Å². The molecule has 1 aromatic carbocycles. The van der Waals surface area contributed by atoms with E-state index in [0.717, 1.165) is 11.3 Å². The van der Waals surface area contributed by atoms with Gasteiger partial charge in [-0.1, -0.05) is 30.3 Å². The van der Waals surface area contributed by atoms with Gasteiger partial charge in [0.2, 0.25) is 0 Å². The normalized spacial score (nSPS) is 28.2. The number of aliphatic hydroxyl groups is 1. The molecule has 0 radical (unpaired) electrons. The Balaban J connectivity index is 1.81. The molecule has 3 nitrogen and oxygen atoms in total. The third-order valence-electron chi connectivity index (χ3n) is 3.33. The van der Waals surface area contributed by atoms with Crippen LogP contribution < -0.4 is 0 Å². The molecule has 0 unspecified atom stereocenters. The van der Waals surface area contributed by atoms with Crippen LogP contribution in [0.3, 0.4) is 0 Å². The van der Waals surface area contributed by atoms with Gasteiger partial charge in [0.15, 0.2) is 0 Å². The van der Waals surface area contributed by atoms with Crippen molar-refractivity contribution in [1.82, 2.24) is 0 Å². The van der Waals surface area contributed by atoms with E-state index in [2.05, 4.69) is 0 Å². The quantitative estimate of drug-likeness (QED) is 0.881. The lowest BCUT2D eigenvalue weighted by Gasteiger charge is -2.32. The maximum absolute atomic E-state index is 9.99. The summed E-state index contributed by atoms with van der Waals surface area (Å²) in [7, 11) is 0. The van der Waals surface area contributed by atoms with Gasteiger partial charge in [-0.3, -0.25) is 0 Å². The van der Waals surface area contributed by atoms with Crippen molar-refractivity contribution in [3.63, 3.8) is 0 Å². The molecule has 0 saturated carbocycles. The molecular formula is C15H16O3. The van der Waals surface area contributed by atoms with E-state index in [-0.39, 0.29) is 18.3 Å². The molecule has 94 valence electrons. The lowest BCUT2D eigenvalue weighted by atomic mass is 9.95. The summed E-state index contributed by atoms with van der Waals surface area (Å²) in [5.41, 5.74) is 1.10. The second kappa shape index (κ2) is 4.96. The van der Waals surface area contributed by atoms with Gasteiger partial charge in [0.1, 0.15) is 11.9 Å². The number of ether oxygens (including phenoxy) is 1. The average Bonchev–Trinajstić information content (AvgIpc) is 2.93. The molecule has 3 heteroatoms. The summed E-state index contributed by atoms with van der Waals surface area (Å²) in [6, 6.07) is 13.8. The fourth-order valence-corrected chi connectivity index (χ4v) is 2.44. The molecule has 1 aliphatic rings. The molecule has 18 heavy (non-hydrogen) atoms. The first-order chi connectivity index (χ1) is 8.83. The van der Waals surface area contributed by atoms with Gasteiger partial charge in [-0.15, -0.1) is 0 Å². The monoisotopic (exact) mass is 244 g/mol. The van der Waals surface area contributed by atoms with Gasteiger partial charge < -0.3 is 14.3 Å². The van der Waals surface area contributed by atoms with E-state index in [1.165, 1.54) is 0 Å². The first-order valence-corrected chi connectivity index (χ1v) is 6.25. The van der Waals surface area contributed by atoms with Crippen LogP contribution in [-0.2, 0) is 4.74 Å². The summed E-state index contributed by atoms with van der Waals surface area (Å²) in [5, 5.41) is 9.99. The lowest BCUT2D eigenvalue weighted by Crippen LogP contribution is -2.26. The molecule has 2 aromatic rings. The summed E-state index contributed by atoms with van der Waals surface area (Å²) < 4.78 is 11.4. The van der Waals surface area contributed by atoms with Gasteiger partial charge in [-0.2, -0.15) is 0 Å². The largest absolute Gasteiger partial charge is 0.467 e. The van der Waals surface area contributed by atoms with Crippen molar-refractivity contribution in [1.29, 1.82) is 0 Å². The van der Waals surface area contributed by atoms with Gasteiger partial charge in [0, 0.05) is 12.8 Å². The second-order valence-electron chi connectivity index (χ2n) is 4.66. The van der Waals surface area contributed by atoms with Crippen LogP contribution in [0.1, 0.15) is 36.4 Å². The standard InChI is InChI=1S/C15H16O3/c16-12-9-14(11-5-2-1-3-6-11)18-15(10-12)13-7-4-8-17-13/h1-8,12,14-16H,9-10H2/t12-,14-,15-/m0/s1. The zero-order valence-electron chi connectivity index (χ0n) is 10.0. The zero-order chi connectivity index (χ0) is 12.4. The molecule has 0 amide bonds. The third kappa shape index (κ3) is 2.33. The van der Waals surface area contributed by atoms with E-state index in [1.807, 2.05) is 42.5 Å². The maximum atomic E-state index is 9.99. The summed E-state index contributed by atoms with van der Waals surface area (Å²) in [6.45, 7) is 0. The molecule has 3 rings (SSSR count). The van der Waals surface area contributed by atoms with Gasteiger partial charge in [-0.05, 0) is 17.7 Å². The van der Waals surface area contributed by atoms with Gasteiger partial charge >= 0.3 is 0 Å².